The van der Waals surface area contributed by atoms with Gasteiger partial charge in [0.1, 0.15) is 11.4 Å². The molecule has 0 bridgehead atoms. The van der Waals surface area contributed by atoms with E-state index in [4.69, 9.17) is 0 Å². The van der Waals surface area contributed by atoms with Crippen molar-refractivity contribution in [3.63, 3.8) is 0 Å². The van der Waals surface area contributed by atoms with E-state index in [2.05, 4.69) is 10.4 Å². The molecule has 0 saturated carbocycles. The van der Waals surface area contributed by atoms with Gasteiger partial charge in [0.05, 0.1) is 6.20 Å². The molecule has 2 fully saturated rings. The molecule has 3 rings (SSSR count). The minimum Gasteiger partial charge on any atom is -0.316 e. The molecule has 2 saturated heterocycles. The Balaban J connectivity index is 1.76. The smallest absolute Gasteiger partial charge is 0.316 e. The maximum atomic E-state index is 12.4. The minimum absolute atomic E-state index is 0.181. The van der Waals surface area contributed by atoms with Gasteiger partial charge in [0.15, 0.2) is 0 Å². The van der Waals surface area contributed by atoms with E-state index in [-0.39, 0.29) is 16.7 Å². The molecule has 2 aliphatic heterocycles. The predicted molar refractivity (Wildman–Crippen MR) is 66.9 cm³/mol. The fourth-order valence-corrected chi connectivity index (χ4v) is 4.41. The van der Waals surface area contributed by atoms with Gasteiger partial charge in [-0.3, -0.25) is 4.68 Å². The Morgan fingerprint density at radius 1 is 1.29 bits per heavy atom. The Kier molecular flexibility index (Phi) is 3.49. The molecule has 6 nitrogen and oxygen atoms in total. The van der Waals surface area contributed by atoms with Crippen LogP contribution < -0.4 is 5.32 Å². The molecule has 1 N–H and O–H groups in total. The van der Waals surface area contributed by atoms with Crippen LogP contribution in [0.4, 0.5) is 13.2 Å². The Hall–Kier alpha value is -1.13. The second-order valence-electron chi connectivity index (χ2n) is 5.49. The first kappa shape index (κ1) is 14.8. The first-order valence-electron chi connectivity index (χ1n) is 6.56. The number of alkyl halides is 3. The highest BCUT2D eigenvalue weighted by molar-refractivity contribution is 7.89. The maximum absolute atomic E-state index is 12.4. The monoisotopic (exact) mass is 324 g/mol. The topological polar surface area (TPSA) is 67.2 Å². The summed E-state index contributed by atoms with van der Waals surface area (Å²) in [4.78, 5) is -0.181. The number of rotatable bonds is 3. The number of nitrogens with zero attached hydrogens (tertiary/aromatic N) is 3. The lowest BCUT2D eigenvalue weighted by molar-refractivity contribution is -0.142. The third-order valence-corrected chi connectivity index (χ3v) is 5.73. The number of hydrogen-bond acceptors (Lipinski definition) is 4. The minimum atomic E-state index is -4.43. The van der Waals surface area contributed by atoms with E-state index in [1.165, 1.54) is 4.31 Å². The summed E-state index contributed by atoms with van der Waals surface area (Å²) in [5, 5.41) is 6.69. The van der Waals surface area contributed by atoms with Crippen molar-refractivity contribution in [3.05, 3.63) is 12.4 Å². The maximum Gasteiger partial charge on any atom is 0.408 e. The van der Waals surface area contributed by atoms with Crippen LogP contribution >= 0.6 is 0 Å². The van der Waals surface area contributed by atoms with Gasteiger partial charge in [0.2, 0.25) is 10.0 Å². The lowest BCUT2D eigenvalue weighted by Crippen LogP contribution is -2.31. The number of nitrogens with one attached hydrogen (secondary N) is 1. The molecule has 0 spiro atoms. The molecule has 1 aromatic heterocycles. The summed E-state index contributed by atoms with van der Waals surface area (Å²) in [5.41, 5.74) is 0. The fourth-order valence-electron chi connectivity index (χ4n) is 2.91. The van der Waals surface area contributed by atoms with Crippen molar-refractivity contribution < 1.29 is 21.6 Å². The summed E-state index contributed by atoms with van der Waals surface area (Å²) in [6, 6.07) is 0. The van der Waals surface area contributed by atoms with Crippen LogP contribution in [0.1, 0.15) is 0 Å². The van der Waals surface area contributed by atoms with E-state index >= 15 is 0 Å². The van der Waals surface area contributed by atoms with Gasteiger partial charge >= 0.3 is 6.18 Å². The van der Waals surface area contributed by atoms with Gasteiger partial charge in [0, 0.05) is 19.3 Å². The fraction of sp³-hybridized carbons (Fsp3) is 0.727. The third-order valence-electron chi connectivity index (χ3n) is 3.94. The van der Waals surface area contributed by atoms with Crippen LogP contribution in [0.2, 0.25) is 0 Å². The molecule has 0 amide bonds. The van der Waals surface area contributed by atoms with Crippen molar-refractivity contribution in [1.82, 2.24) is 19.4 Å². The molecule has 0 unspecified atom stereocenters. The van der Waals surface area contributed by atoms with Crippen LogP contribution in [0.25, 0.3) is 0 Å². The third kappa shape index (κ3) is 2.92. The molecule has 118 valence electrons. The number of hydrogen-bond donors (Lipinski definition) is 1. The Bertz CT molecular complexity index is 616. The number of halogens is 3. The zero-order chi connectivity index (χ0) is 15.3. The van der Waals surface area contributed by atoms with Gasteiger partial charge in [-0.15, -0.1) is 0 Å². The van der Waals surface area contributed by atoms with Gasteiger partial charge < -0.3 is 5.32 Å². The second-order valence-corrected chi connectivity index (χ2v) is 7.43. The molecule has 1 aromatic rings. The molecule has 0 aromatic carbocycles. The van der Waals surface area contributed by atoms with Crippen molar-refractivity contribution in [2.24, 2.45) is 11.8 Å². The average molecular weight is 324 g/mol. The lowest BCUT2D eigenvalue weighted by Gasteiger charge is -2.16. The van der Waals surface area contributed by atoms with Gasteiger partial charge in [0.25, 0.3) is 0 Å². The molecule has 21 heavy (non-hydrogen) atoms. The summed E-state index contributed by atoms with van der Waals surface area (Å²) < 4.78 is 63.6. The SMILES string of the molecule is O=S(=O)(c1cnn(CC(F)(F)F)c1)N1C[C@H]2CNC[C@H]2C1. The first-order valence-corrected chi connectivity index (χ1v) is 8.00. The molecular formula is C11H15F3N4O2S. The predicted octanol–water partition coefficient (Wildman–Crippen LogP) is 0.285. The standard InChI is InChI=1S/C11H15F3N4O2S/c12-11(13,14)7-17-6-10(3-16-17)21(19,20)18-4-8-1-15-2-9(8)5-18/h3,6,8-9,15H,1-2,4-5,7H2/t8-,9+. The van der Waals surface area contributed by atoms with Crippen LogP contribution in [-0.4, -0.2) is 54.9 Å². The highest BCUT2D eigenvalue weighted by Gasteiger charge is 2.42. The highest BCUT2D eigenvalue weighted by Crippen LogP contribution is 2.30. The van der Waals surface area contributed by atoms with E-state index < -0.39 is 22.7 Å². The number of sulfonamides is 1. The van der Waals surface area contributed by atoms with Gasteiger partial charge in [-0.05, 0) is 24.9 Å². The van der Waals surface area contributed by atoms with Crippen molar-refractivity contribution >= 4 is 10.0 Å². The normalized spacial score (nSPS) is 27.2. The van der Waals surface area contributed by atoms with Crippen LogP contribution in [0, 0.1) is 11.8 Å². The molecule has 2 aliphatic rings. The van der Waals surface area contributed by atoms with E-state index in [9.17, 15) is 21.6 Å². The summed E-state index contributed by atoms with van der Waals surface area (Å²) in [5.74, 6) is 0.565. The summed E-state index contributed by atoms with van der Waals surface area (Å²) in [7, 11) is -3.76. The molecule has 0 aliphatic carbocycles. The Morgan fingerprint density at radius 3 is 2.48 bits per heavy atom. The van der Waals surface area contributed by atoms with Crippen LogP contribution in [0.15, 0.2) is 17.3 Å². The largest absolute Gasteiger partial charge is 0.408 e. The summed E-state index contributed by atoms with van der Waals surface area (Å²) >= 11 is 0. The van der Waals surface area contributed by atoms with Crippen LogP contribution in [-0.2, 0) is 16.6 Å². The summed E-state index contributed by atoms with van der Waals surface area (Å²) in [6.07, 6.45) is -2.51. The van der Waals surface area contributed by atoms with Crippen molar-refractivity contribution in [2.45, 2.75) is 17.6 Å². The molecule has 0 radical (unpaired) electrons. The van der Waals surface area contributed by atoms with Crippen molar-refractivity contribution in [2.75, 3.05) is 26.2 Å². The van der Waals surface area contributed by atoms with Crippen molar-refractivity contribution in [3.8, 4) is 0 Å². The lowest BCUT2D eigenvalue weighted by atomic mass is 10.0. The first-order chi connectivity index (χ1) is 9.75. The van der Waals surface area contributed by atoms with Gasteiger partial charge in [-0.25, -0.2) is 8.42 Å². The zero-order valence-corrected chi connectivity index (χ0v) is 11.9. The average Bonchev–Trinajstić information content (AvgIpc) is 2.98. The highest BCUT2D eigenvalue weighted by atomic mass is 32.2. The van der Waals surface area contributed by atoms with Crippen LogP contribution in [0.3, 0.4) is 0 Å². The Morgan fingerprint density at radius 2 is 1.90 bits per heavy atom. The summed E-state index contributed by atoms with van der Waals surface area (Å²) in [6.45, 7) is 1.08. The number of fused-ring (bicyclic) bond motifs is 1. The second kappa shape index (κ2) is 4.96. The Labute approximate surface area is 120 Å². The molecule has 2 atom stereocenters. The number of aromatic nitrogens is 2. The van der Waals surface area contributed by atoms with E-state index in [1.807, 2.05) is 0 Å². The van der Waals surface area contributed by atoms with Crippen LogP contribution in [0.5, 0.6) is 0 Å². The quantitative estimate of drug-likeness (QED) is 0.868. The zero-order valence-electron chi connectivity index (χ0n) is 11.0. The molecular weight excluding hydrogens is 309 g/mol. The van der Waals surface area contributed by atoms with Crippen molar-refractivity contribution in [1.29, 1.82) is 0 Å². The van der Waals surface area contributed by atoms with E-state index in [0.717, 1.165) is 25.5 Å². The van der Waals surface area contributed by atoms with Gasteiger partial charge in [-0.2, -0.15) is 22.6 Å². The molecule has 10 heteroatoms. The van der Waals surface area contributed by atoms with Gasteiger partial charge in [-0.1, -0.05) is 0 Å². The molecule has 3 heterocycles. The van der Waals surface area contributed by atoms with E-state index in [1.54, 1.807) is 0 Å². The van der Waals surface area contributed by atoms with E-state index in [0.29, 0.717) is 17.8 Å².